The van der Waals surface area contributed by atoms with Crippen LogP contribution in [0.2, 0.25) is 10.0 Å². The summed E-state index contributed by atoms with van der Waals surface area (Å²) in [4.78, 5) is 25.4. The molecule has 27 heavy (non-hydrogen) atoms. The smallest absolute Gasteiger partial charge is 0.238 e. The average Bonchev–Trinajstić information content (AvgIpc) is 2.57. The van der Waals surface area contributed by atoms with Crippen LogP contribution in [0, 0.1) is 0 Å². The molecule has 0 bridgehead atoms. The van der Waals surface area contributed by atoms with E-state index < -0.39 is 0 Å². The van der Waals surface area contributed by atoms with Crippen molar-refractivity contribution in [2.75, 3.05) is 31.3 Å². The van der Waals surface area contributed by atoms with Gasteiger partial charge in [-0.15, -0.1) is 0 Å². The minimum atomic E-state index is -0.221. The van der Waals surface area contributed by atoms with Crippen LogP contribution < -0.4 is 15.4 Å². The zero-order valence-electron chi connectivity index (χ0n) is 15.3. The second-order valence-corrected chi connectivity index (χ2v) is 6.90. The molecule has 0 fully saturated rings. The van der Waals surface area contributed by atoms with E-state index in [2.05, 4.69) is 10.6 Å². The molecule has 0 aromatic heterocycles. The molecule has 0 aliphatic heterocycles. The number of halogens is 2. The highest BCUT2D eigenvalue weighted by atomic mass is 35.5. The first-order chi connectivity index (χ1) is 12.8. The van der Waals surface area contributed by atoms with Crippen molar-refractivity contribution in [2.45, 2.75) is 13.5 Å². The highest BCUT2D eigenvalue weighted by Gasteiger charge is 2.13. The number of carbonyl (C=O) groups is 2. The van der Waals surface area contributed by atoms with E-state index in [0.717, 1.165) is 5.56 Å². The lowest BCUT2D eigenvalue weighted by Gasteiger charge is -2.18. The topological polar surface area (TPSA) is 70.7 Å². The number of likely N-dealkylation sites (N-methyl/N-ethyl adjacent to an activating group) is 1. The third-order valence-corrected chi connectivity index (χ3v) is 4.25. The quantitative estimate of drug-likeness (QED) is 0.723. The van der Waals surface area contributed by atoms with E-state index in [-0.39, 0.29) is 18.4 Å². The minimum absolute atomic E-state index is 0.145. The fourth-order valence-electron chi connectivity index (χ4n) is 2.52. The van der Waals surface area contributed by atoms with Crippen molar-refractivity contribution in [2.24, 2.45) is 0 Å². The average molecular weight is 410 g/mol. The van der Waals surface area contributed by atoms with E-state index in [1.54, 1.807) is 30.3 Å². The molecule has 0 saturated carbocycles. The normalized spacial score (nSPS) is 10.6. The van der Waals surface area contributed by atoms with Gasteiger partial charge in [0.1, 0.15) is 5.75 Å². The van der Waals surface area contributed by atoms with Gasteiger partial charge in [0.25, 0.3) is 0 Å². The Bertz CT molecular complexity index is 843. The molecule has 144 valence electrons. The molecule has 0 radical (unpaired) electrons. The van der Waals surface area contributed by atoms with Crippen molar-refractivity contribution in [3.8, 4) is 5.75 Å². The summed E-state index contributed by atoms with van der Waals surface area (Å²) in [6, 6.07) is 10.3. The first kappa shape index (κ1) is 21.0. The highest BCUT2D eigenvalue weighted by Crippen LogP contribution is 2.28. The Morgan fingerprint density at radius 2 is 1.85 bits per heavy atom. The summed E-state index contributed by atoms with van der Waals surface area (Å²) in [5.74, 6) is 0.0822. The highest BCUT2D eigenvalue weighted by molar-refractivity contribution is 6.35. The zero-order valence-corrected chi connectivity index (χ0v) is 16.8. The molecular weight excluding hydrogens is 389 g/mol. The van der Waals surface area contributed by atoms with Crippen LogP contribution in [0.3, 0.4) is 0 Å². The maximum Gasteiger partial charge on any atom is 0.238 e. The van der Waals surface area contributed by atoms with Crippen molar-refractivity contribution in [1.82, 2.24) is 4.90 Å². The number of benzene rings is 2. The monoisotopic (exact) mass is 409 g/mol. The summed E-state index contributed by atoms with van der Waals surface area (Å²) < 4.78 is 5.26. The van der Waals surface area contributed by atoms with E-state index in [0.29, 0.717) is 33.7 Å². The van der Waals surface area contributed by atoms with E-state index >= 15 is 0 Å². The molecule has 0 aliphatic carbocycles. The van der Waals surface area contributed by atoms with E-state index in [9.17, 15) is 9.59 Å². The second kappa shape index (κ2) is 9.60. The largest absolute Gasteiger partial charge is 0.495 e. The lowest BCUT2D eigenvalue weighted by atomic mass is 10.2. The Morgan fingerprint density at radius 1 is 1.11 bits per heavy atom. The molecule has 0 aliphatic rings. The van der Waals surface area contributed by atoms with Gasteiger partial charge in [-0.05, 0) is 42.9 Å². The fraction of sp³-hybridized carbons (Fsp3) is 0.263. The van der Waals surface area contributed by atoms with Gasteiger partial charge in [-0.25, -0.2) is 0 Å². The summed E-state index contributed by atoms with van der Waals surface area (Å²) >= 11 is 12.1. The number of rotatable bonds is 7. The predicted octanol–water partition coefficient (Wildman–Crippen LogP) is 4.03. The number of hydrogen-bond donors (Lipinski definition) is 2. The van der Waals surface area contributed by atoms with E-state index in [1.165, 1.54) is 14.0 Å². The van der Waals surface area contributed by atoms with Gasteiger partial charge >= 0.3 is 0 Å². The predicted molar refractivity (Wildman–Crippen MR) is 109 cm³/mol. The van der Waals surface area contributed by atoms with Gasteiger partial charge in [0.05, 0.1) is 19.3 Å². The first-order valence-electron chi connectivity index (χ1n) is 8.16. The molecule has 0 unspecified atom stereocenters. The number of ether oxygens (including phenoxy) is 1. The molecule has 2 aromatic carbocycles. The van der Waals surface area contributed by atoms with Crippen LogP contribution in [0.15, 0.2) is 36.4 Å². The van der Waals surface area contributed by atoms with Crippen LogP contribution in [-0.4, -0.2) is 37.4 Å². The fourth-order valence-corrected chi connectivity index (χ4v) is 2.99. The molecular formula is C19H21Cl2N3O3. The summed E-state index contributed by atoms with van der Waals surface area (Å²) in [7, 11) is 3.33. The molecule has 0 saturated heterocycles. The van der Waals surface area contributed by atoms with Crippen molar-refractivity contribution in [1.29, 1.82) is 0 Å². The van der Waals surface area contributed by atoms with Crippen LogP contribution in [0.1, 0.15) is 12.5 Å². The van der Waals surface area contributed by atoms with Gasteiger partial charge in [-0.3, -0.25) is 14.5 Å². The molecule has 8 heteroatoms. The van der Waals surface area contributed by atoms with Crippen LogP contribution in [0.4, 0.5) is 11.4 Å². The summed E-state index contributed by atoms with van der Waals surface area (Å²) in [5.41, 5.74) is 1.92. The molecule has 0 spiro atoms. The number of amides is 2. The van der Waals surface area contributed by atoms with Gasteiger partial charge in [0.15, 0.2) is 0 Å². The molecule has 2 aromatic rings. The van der Waals surface area contributed by atoms with E-state index in [1.807, 2.05) is 18.0 Å². The van der Waals surface area contributed by atoms with E-state index in [4.69, 9.17) is 27.9 Å². The van der Waals surface area contributed by atoms with Crippen LogP contribution >= 0.6 is 23.2 Å². The van der Waals surface area contributed by atoms with Gasteiger partial charge < -0.3 is 15.4 Å². The SMILES string of the molecule is COc1ccc(NC(C)=O)cc1NC(=O)CN(C)Cc1ccc(Cl)cc1Cl. The standard InChI is InChI=1S/C19H21Cl2N3O3/c1-12(25)22-15-6-7-18(27-3)17(9-15)23-19(26)11-24(2)10-13-4-5-14(20)8-16(13)21/h4-9H,10-11H2,1-3H3,(H,22,25)(H,23,26). The lowest BCUT2D eigenvalue weighted by molar-refractivity contribution is -0.117. The number of hydrogen-bond acceptors (Lipinski definition) is 4. The Hall–Kier alpha value is -2.28. The third-order valence-electron chi connectivity index (χ3n) is 3.66. The number of anilines is 2. The molecule has 2 amide bonds. The minimum Gasteiger partial charge on any atom is -0.495 e. The summed E-state index contributed by atoms with van der Waals surface area (Å²) in [5, 5.41) is 6.60. The molecule has 6 nitrogen and oxygen atoms in total. The Balaban J connectivity index is 2.02. The summed E-state index contributed by atoms with van der Waals surface area (Å²) in [6.07, 6.45) is 0. The number of methoxy groups -OCH3 is 1. The molecule has 0 atom stereocenters. The Morgan fingerprint density at radius 3 is 2.48 bits per heavy atom. The van der Waals surface area contributed by atoms with Gasteiger partial charge in [-0.2, -0.15) is 0 Å². The lowest BCUT2D eigenvalue weighted by Crippen LogP contribution is -2.30. The Kier molecular flexibility index (Phi) is 7.47. The van der Waals surface area contributed by atoms with Crippen molar-refractivity contribution < 1.29 is 14.3 Å². The van der Waals surface area contributed by atoms with Gasteiger partial charge in [0, 0.05) is 29.2 Å². The van der Waals surface area contributed by atoms with Crippen molar-refractivity contribution in [3.63, 3.8) is 0 Å². The van der Waals surface area contributed by atoms with Crippen LogP contribution in [-0.2, 0) is 16.1 Å². The number of nitrogens with zero attached hydrogens (tertiary/aromatic N) is 1. The maximum absolute atomic E-state index is 12.4. The molecule has 2 rings (SSSR count). The van der Waals surface area contributed by atoms with Crippen LogP contribution in [0.5, 0.6) is 5.75 Å². The third kappa shape index (κ3) is 6.43. The molecule has 2 N–H and O–H groups in total. The molecule has 0 heterocycles. The van der Waals surface area contributed by atoms with Crippen LogP contribution in [0.25, 0.3) is 0 Å². The number of nitrogens with one attached hydrogen (secondary N) is 2. The maximum atomic E-state index is 12.4. The second-order valence-electron chi connectivity index (χ2n) is 6.05. The Labute approximate surface area is 168 Å². The van der Waals surface area contributed by atoms with Gasteiger partial charge in [-0.1, -0.05) is 29.3 Å². The first-order valence-corrected chi connectivity index (χ1v) is 8.92. The summed E-state index contributed by atoms with van der Waals surface area (Å²) in [6.45, 7) is 2.05. The van der Waals surface area contributed by atoms with Gasteiger partial charge in [0.2, 0.25) is 11.8 Å². The number of carbonyl (C=O) groups excluding carboxylic acids is 2. The zero-order chi connectivity index (χ0) is 20.0. The van der Waals surface area contributed by atoms with Crippen molar-refractivity contribution >= 4 is 46.4 Å². The van der Waals surface area contributed by atoms with Crippen molar-refractivity contribution in [3.05, 3.63) is 52.0 Å².